The molecule has 0 amide bonds. The molecule has 1 aliphatic rings. The van der Waals surface area contributed by atoms with Gasteiger partial charge in [0.15, 0.2) is 5.82 Å². The second-order valence-electron chi connectivity index (χ2n) is 6.13. The van der Waals surface area contributed by atoms with E-state index in [0.717, 1.165) is 37.8 Å². The molecule has 0 spiro atoms. The van der Waals surface area contributed by atoms with Crippen LogP contribution in [0.3, 0.4) is 0 Å². The van der Waals surface area contributed by atoms with E-state index in [1.165, 1.54) is 12.8 Å². The number of aryl methyl sites for hydroxylation is 2. The van der Waals surface area contributed by atoms with E-state index in [-0.39, 0.29) is 0 Å². The van der Waals surface area contributed by atoms with Crippen molar-refractivity contribution in [3.63, 3.8) is 0 Å². The maximum absolute atomic E-state index is 5.05. The van der Waals surface area contributed by atoms with Gasteiger partial charge in [-0.3, -0.25) is 9.80 Å². The zero-order chi connectivity index (χ0) is 15.5. The molecule has 7 nitrogen and oxygen atoms in total. The molecule has 3 rings (SSSR count). The molecule has 0 radical (unpaired) electrons. The minimum atomic E-state index is 0.540. The van der Waals surface area contributed by atoms with Crippen LogP contribution in [0.4, 0.5) is 0 Å². The Morgan fingerprint density at radius 3 is 3.00 bits per heavy atom. The number of imidazole rings is 1. The number of hydrogen-bond acceptors (Lipinski definition) is 6. The van der Waals surface area contributed by atoms with Crippen LogP contribution >= 0.6 is 0 Å². The third kappa shape index (κ3) is 3.53. The van der Waals surface area contributed by atoms with Gasteiger partial charge < -0.3 is 9.09 Å². The fourth-order valence-corrected chi connectivity index (χ4v) is 3.04. The van der Waals surface area contributed by atoms with Crippen molar-refractivity contribution in [1.29, 1.82) is 0 Å². The highest BCUT2D eigenvalue weighted by atomic mass is 16.5. The largest absolute Gasteiger partial charge is 0.340 e. The van der Waals surface area contributed by atoms with Gasteiger partial charge in [-0.2, -0.15) is 4.98 Å². The summed E-state index contributed by atoms with van der Waals surface area (Å²) in [6.45, 7) is 5.61. The van der Waals surface area contributed by atoms with Crippen LogP contribution < -0.4 is 0 Å². The molecule has 22 heavy (non-hydrogen) atoms. The Kier molecular flexibility index (Phi) is 4.54. The van der Waals surface area contributed by atoms with E-state index < -0.39 is 0 Å². The molecule has 1 aliphatic heterocycles. The molecule has 0 saturated carbocycles. The summed E-state index contributed by atoms with van der Waals surface area (Å²) >= 11 is 0. The van der Waals surface area contributed by atoms with Gasteiger partial charge in [0, 0.05) is 39.0 Å². The van der Waals surface area contributed by atoms with Crippen molar-refractivity contribution < 1.29 is 4.52 Å². The minimum absolute atomic E-state index is 0.540. The first kappa shape index (κ1) is 15.2. The lowest BCUT2D eigenvalue weighted by Crippen LogP contribution is -2.46. The first-order valence-electron chi connectivity index (χ1n) is 7.80. The van der Waals surface area contributed by atoms with Gasteiger partial charge in [0.2, 0.25) is 5.89 Å². The monoisotopic (exact) mass is 304 g/mol. The first-order valence-corrected chi connectivity index (χ1v) is 7.80. The molecule has 0 unspecified atom stereocenters. The second-order valence-corrected chi connectivity index (χ2v) is 6.13. The van der Waals surface area contributed by atoms with Gasteiger partial charge >= 0.3 is 0 Å². The highest BCUT2D eigenvalue weighted by Gasteiger charge is 2.24. The molecule has 1 saturated heterocycles. The number of likely N-dealkylation sites (tertiary alicyclic amines) is 1. The van der Waals surface area contributed by atoms with Gasteiger partial charge in [-0.1, -0.05) is 5.16 Å². The number of rotatable bonds is 5. The van der Waals surface area contributed by atoms with Crippen LogP contribution in [0.15, 0.2) is 16.9 Å². The molecule has 0 bridgehead atoms. The molecule has 120 valence electrons. The van der Waals surface area contributed by atoms with E-state index in [0.29, 0.717) is 11.9 Å². The molecule has 0 aromatic carbocycles. The van der Waals surface area contributed by atoms with Gasteiger partial charge in [-0.05, 0) is 26.4 Å². The zero-order valence-electron chi connectivity index (χ0n) is 13.6. The summed E-state index contributed by atoms with van der Waals surface area (Å²) in [6, 6.07) is 0.540. The van der Waals surface area contributed by atoms with Crippen molar-refractivity contribution in [1.82, 2.24) is 29.5 Å². The summed E-state index contributed by atoms with van der Waals surface area (Å²) in [5.41, 5.74) is 0. The Labute approximate surface area is 130 Å². The Hall–Kier alpha value is -1.73. The summed E-state index contributed by atoms with van der Waals surface area (Å²) in [4.78, 5) is 13.5. The number of hydrogen-bond donors (Lipinski definition) is 0. The average molecular weight is 304 g/mol. The molecule has 1 fully saturated rings. The summed E-state index contributed by atoms with van der Waals surface area (Å²) < 4.78 is 7.14. The lowest BCUT2D eigenvalue weighted by Gasteiger charge is -2.37. The third-order valence-corrected chi connectivity index (χ3v) is 4.35. The molecule has 2 aromatic heterocycles. The Morgan fingerprint density at radius 1 is 1.45 bits per heavy atom. The van der Waals surface area contributed by atoms with Gasteiger partial charge in [-0.15, -0.1) is 0 Å². The minimum Gasteiger partial charge on any atom is -0.340 e. The van der Waals surface area contributed by atoms with Gasteiger partial charge in [-0.25, -0.2) is 4.98 Å². The SMILES string of the molecule is Cc1nc(CN2CCC[C@H](N(C)Cc3nccn3C)C2)no1. The maximum atomic E-state index is 5.05. The van der Waals surface area contributed by atoms with Crippen molar-refractivity contribution in [3.05, 3.63) is 29.9 Å². The lowest BCUT2D eigenvalue weighted by atomic mass is 10.0. The van der Waals surface area contributed by atoms with Gasteiger partial charge in [0.05, 0.1) is 13.1 Å². The number of piperidine rings is 1. The predicted octanol–water partition coefficient (Wildman–Crippen LogP) is 1.21. The fraction of sp³-hybridized carbons (Fsp3) is 0.667. The molecule has 2 aromatic rings. The summed E-state index contributed by atoms with van der Waals surface area (Å²) in [6.07, 6.45) is 6.28. The number of likely N-dealkylation sites (N-methyl/N-ethyl adjacent to an activating group) is 1. The van der Waals surface area contributed by atoms with Crippen LogP contribution in [-0.2, 0) is 20.1 Å². The van der Waals surface area contributed by atoms with E-state index in [1.807, 2.05) is 26.4 Å². The summed E-state index contributed by atoms with van der Waals surface area (Å²) in [5, 5.41) is 4.00. The Morgan fingerprint density at radius 2 is 2.32 bits per heavy atom. The first-order chi connectivity index (χ1) is 10.6. The molecular weight excluding hydrogens is 280 g/mol. The van der Waals surface area contributed by atoms with Crippen LogP contribution in [0, 0.1) is 6.92 Å². The number of aromatic nitrogens is 4. The van der Waals surface area contributed by atoms with E-state index in [9.17, 15) is 0 Å². The fourth-order valence-electron chi connectivity index (χ4n) is 3.04. The van der Waals surface area contributed by atoms with Gasteiger partial charge in [0.1, 0.15) is 5.82 Å². The molecule has 1 atom stereocenters. The third-order valence-electron chi connectivity index (χ3n) is 4.35. The predicted molar refractivity (Wildman–Crippen MR) is 82.0 cm³/mol. The summed E-state index contributed by atoms with van der Waals surface area (Å²) in [5.74, 6) is 2.52. The molecule has 7 heteroatoms. The normalized spacial score (nSPS) is 19.9. The van der Waals surface area contributed by atoms with Crippen molar-refractivity contribution in [2.75, 3.05) is 20.1 Å². The van der Waals surface area contributed by atoms with Crippen molar-refractivity contribution in [3.8, 4) is 0 Å². The smallest absolute Gasteiger partial charge is 0.223 e. The van der Waals surface area contributed by atoms with Crippen molar-refractivity contribution >= 4 is 0 Å². The molecular formula is C15H24N6O. The topological polar surface area (TPSA) is 63.2 Å². The van der Waals surface area contributed by atoms with E-state index >= 15 is 0 Å². The molecule has 0 N–H and O–H groups in total. The van der Waals surface area contributed by atoms with E-state index in [4.69, 9.17) is 4.52 Å². The van der Waals surface area contributed by atoms with Gasteiger partial charge in [0.25, 0.3) is 0 Å². The van der Waals surface area contributed by atoms with Crippen LogP contribution in [0.5, 0.6) is 0 Å². The number of nitrogens with zero attached hydrogens (tertiary/aromatic N) is 6. The van der Waals surface area contributed by atoms with E-state index in [2.05, 4.69) is 36.5 Å². The Bertz CT molecular complexity index is 607. The van der Waals surface area contributed by atoms with Crippen molar-refractivity contribution in [2.45, 2.75) is 38.9 Å². The van der Waals surface area contributed by atoms with Crippen LogP contribution in [-0.4, -0.2) is 55.7 Å². The quantitative estimate of drug-likeness (QED) is 0.827. The Balaban J connectivity index is 1.56. The van der Waals surface area contributed by atoms with Crippen LogP contribution in [0.1, 0.15) is 30.4 Å². The lowest BCUT2D eigenvalue weighted by molar-refractivity contribution is 0.102. The highest BCUT2D eigenvalue weighted by molar-refractivity contribution is 4.93. The second kappa shape index (κ2) is 6.58. The van der Waals surface area contributed by atoms with Crippen LogP contribution in [0.2, 0.25) is 0 Å². The molecule has 3 heterocycles. The maximum Gasteiger partial charge on any atom is 0.223 e. The zero-order valence-corrected chi connectivity index (χ0v) is 13.6. The molecule has 0 aliphatic carbocycles. The van der Waals surface area contributed by atoms with E-state index in [1.54, 1.807) is 0 Å². The van der Waals surface area contributed by atoms with Crippen LogP contribution in [0.25, 0.3) is 0 Å². The average Bonchev–Trinajstić information content (AvgIpc) is 3.08. The summed E-state index contributed by atoms with van der Waals surface area (Å²) in [7, 11) is 4.23. The van der Waals surface area contributed by atoms with Crippen molar-refractivity contribution in [2.24, 2.45) is 7.05 Å². The standard InChI is InChI=1S/C15H24N6O/c1-12-17-14(18-22-12)10-21-7-4-5-13(9-21)20(3)11-15-16-6-8-19(15)2/h6,8,13H,4-5,7,9-11H2,1-3H3/t13-/m0/s1. The highest BCUT2D eigenvalue weighted by Crippen LogP contribution is 2.18.